The number of esters is 1. The molecule has 3 fully saturated rings. The minimum absolute atomic E-state index is 0.0708. The molecule has 256 valence electrons. The fourth-order valence-corrected chi connectivity index (χ4v) is 7.65. The zero-order chi connectivity index (χ0) is 34.8. The minimum Gasteiger partial charge on any atom is -0.458 e. The second kappa shape index (κ2) is 13.9. The number of fused-ring (bicyclic) bond motifs is 1. The SMILES string of the molecule is CCN1CCN(C(=O)N[C@@H](C(=O)N[C@@]2(C(=O)OCc3ccccc3)N3C(=O)[C@H](N)[C@H]3SC2(C)C)[C@H](C)OCc2ccccc2)C(=O)C1=O. The average Bonchev–Trinajstić information content (AvgIpc) is 3.30. The number of nitrogens with one attached hydrogen (secondary N) is 2. The maximum atomic E-state index is 14.4. The minimum atomic E-state index is -2.03. The lowest BCUT2D eigenvalue weighted by molar-refractivity contribution is -0.180. The zero-order valence-electron chi connectivity index (χ0n) is 27.2. The summed E-state index contributed by atoms with van der Waals surface area (Å²) in [6.45, 7) is 6.95. The highest BCUT2D eigenvalue weighted by molar-refractivity contribution is 8.01. The number of urea groups is 1. The summed E-state index contributed by atoms with van der Waals surface area (Å²) in [7, 11) is 0. The first-order valence-corrected chi connectivity index (χ1v) is 16.6. The van der Waals surface area contributed by atoms with Crippen molar-refractivity contribution in [3.05, 3.63) is 71.8 Å². The summed E-state index contributed by atoms with van der Waals surface area (Å²) in [5, 5.41) is 4.69. The van der Waals surface area contributed by atoms with Gasteiger partial charge in [0.25, 0.3) is 0 Å². The van der Waals surface area contributed by atoms with Crippen LogP contribution in [0.5, 0.6) is 0 Å². The van der Waals surface area contributed by atoms with Gasteiger partial charge in [0.15, 0.2) is 0 Å². The van der Waals surface area contributed by atoms with E-state index < -0.39 is 69.6 Å². The molecule has 2 aromatic carbocycles. The Morgan fingerprint density at radius 2 is 1.56 bits per heavy atom. The summed E-state index contributed by atoms with van der Waals surface area (Å²) in [5.74, 6) is -4.19. The number of hydrogen-bond acceptors (Lipinski definition) is 10. The van der Waals surface area contributed by atoms with Gasteiger partial charge < -0.3 is 30.7 Å². The largest absolute Gasteiger partial charge is 0.458 e. The van der Waals surface area contributed by atoms with E-state index in [9.17, 15) is 28.8 Å². The van der Waals surface area contributed by atoms with Crippen LogP contribution < -0.4 is 16.4 Å². The van der Waals surface area contributed by atoms with Crippen LogP contribution in [0.1, 0.15) is 38.8 Å². The first-order valence-electron chi connectivity index (χ1n) is 15.7. The van der Waals surface area contributed by atoms with E-state index in [0.29, 0.717) is 12.1 Å². The number of imide groups is 1. The fraction of sp³-hybridized carbons (Fsp3) is 0.455. The first kappa shape index (κ1) is 34.9. The number of likely N-dealkylation sites (N-methyl/N-ethyl adjacent to an activating group) is 1. The van der Waals surface area contributed by atoms with Crippen LogP contribution in [0.2, 0.25) is 0 Å². The third-order valence-electron chi connectivity index (χ3n) is 8.87. The van der Waals surface area contributed by atoms with Gasteiger partial charge in [-0.25, -0.2) is 9.59 Å². The van der Waals surface area contributed by atoms with Crippen molar-refractivity contribution in [2.24, 2.45) is 5.73 Å². The van der Waals surface area contributed by atoms with Crippen LogP contribution in [0.15, 0.2) is 60.7 Å². The molecule has 0 unspecified atom stereocenters. The summed E-state index contributed by atoms with van der Waals surface area (Å²) < 4.78 is 10.6. The van der Waals surface area contributed by atoms with Crippen LogP contribution in [-0.2, 0) is 46.7 Å². The lowest BCUT2D eigenvalue weighted by Gasteiger charge is -2.49. The molecule has 0 saturated carbocycles. The van der Waals surface area contributed by atoms with Crippen molar-refractivity contribution in [1.29, 1.82) is 0 Å². The van der Waals surface area contributed by atoms with E-state index >= 15 is 0 Å². The number of carbonyl (C=O) groups is 6. The molecule has 5 atom stereocenters. The van der Waals surface area contributed by atoms with Crippen molar-refractivity contribution in [2.45, 2.75) is 74.9 Å². The molecule has 4 N–H and O–H groups in total. The van der Waals surface area contributed by atoms with Gasteiger partial charge in [-0.3, -0.25) is 29.0 Å². The smallest absolute Gasteiger partial charge is 0.355 e. The van der Waals surface area contributed by atoms with Crippen molar-refractivity contribution in [3.8, 4) is 0 Å². The number of amides is 6. The number of ether oxygens (including phenoxy) is 2. The van der Waals surface area contributed by atoms with E-state index in [1.165, 1.54) is 21.6 Å². The second-order valence-corrected chi connectivity index (χ2v) is 14.0. The predicted molar refractivity (Wildman–Crippen MR) is 174 cm³/mol. The highest BCUT2D eigenvalue weighted by Crippen LogP contribution is 2.55. The monoisotopic (exact) mass is 680 g/mol. The predicted octanol–water partition coefficient (Wildman–Crippen LogP) is 0.938. The van der Waals surface area contributed by atoms with Crippen LogP contribution in [-0.4, -0.2) is 104 Å². The lowest BCUT2D eigenvalue weighted by atomic mass is 9.88. The summed E-state index contributed by atoms with van der Waals surface area (Å²) in [6, 6.07) is 14.7. The van der Waals surface area contributed by atoms with Crippen molar-refractivity contribution in [1.82, 2.24) is 25.3 Å². The highest BCUT2D eigenvalue weighted by Gasteiger charge is 2.73. The molecule has 48 heavy (non-hydrogen) atoms. The maximum Gasteiger partial charge on any atom is 0.355 e. The van der Waals surface area contributed by atoms with Gasteiger partial charge >= 0.3 is 23.8 Å². The van der Waals surface area contributed by atoms with Gasteiger partial charge in [-0.15, -0.1) is 11.8 Å². The number of piperazine rings is 1. The van der Waals surface area contributed by atoms with Gasteiger partial charge in [0.2, 0.25) is 17.5 Å². The molecule has 0 bridgehead atoms. The molecular weight excluding hydrogens is 640 g/mol. The summed E-state index contributed by atoms with van der Waals surface area (Å²) >= 11 is 1.25. The maximum absolute atomic E-state index is 14.4. The van der Waals surface area contributed by atoms with Crippen LogP contribution in [0.25, 0.3) is 0 Å². The normalized spacial score (nSPS) is 24.4. The number of thioether (sulfide) groups is 1. The van der Waals surface area contributed by atoms with E-state index in [2.05, 4.69) is 10.6 Å². The van der Waals surface area contributed by atoms with Gasteiger partial charge in [0.1, 0.15) is 24.1 Å². The first-order chi connectivity index (χ1) is 22.8. The molecule has 0 spiro atoms. The molecule has 0 aliphatic carbocycles. The molecule has 6 amide bonds. The van der Waals surface area contributed by atoms with Crippen LogP contribution in [0, 0.1) is 0 Å². The molecule has 14 nitrogen and oxygen atoms in total. The molecular formula is C33H40N6O8S. The second-order valence-electron chi connectivity index (χ2n) is 12.3. The molecule has 3 aliphatic rings. The van der Waals surface area contributed by atoms with E-state index in [4.69, 9.17) is 15.2 Å². The Morgan fingerprint density at radius 3 is 2.17 bits per heavy atom. The van der Waals surface area contributed by atoms with E-state index in [1.54, 1.807) is 52.0 Å². The average molecular weight is 681 g/mol. The lowest BCUT2D eigenvalue weighted by Crippen LogP contribution is -2.80. The molecule has 3 aliphatic heterocycles. The molecule has 2 aromatic rings. The Hall–Kier alpha value is -4.47. The fourth-order valence-electron chi connectivity index (χ4n) is 6.01. The summed E-state index contributed by atoms with van der Waals surface area (Å²) in [4.78, 5) is 83.9. The van der Waals surface area contributed by atoms with E-state index in [-0.39, 0.29) is 26.3 Å². The van der Waals surface area contributed by atoms with E-state index in [0.717, 1.165) is 10.5 Å². The quantitative estimate of drug-likeness (QED) is 0.176. The van der Waals surface area contributed by atoms with Crippen molar-refractivity contribution in [2.75, 3.05) is 19.6 Å². The molecule has 5 rings (SSSR count). The van der Waals surface area contributed by atoms with Gasteiger partial charge in [0, 0.05) is 19.6 Å². The third kappa shape index (κ3) is 6.36. The molecule has 0 aromatic heterocycles. The Labute approximate surface area is 282 Å². The van der Waals surface area contributed by atoms with Gasteiger partial charge in [-0.1, -0.05) is 60.7 Å². The molecule has 0 radical (unpaired) electrons. The third-order valence-corrected chi connectivity index (χ3v) is 10.5. The number of nitrogens with zero attached hydrogens (tertiary/aromatic N) is 3. The highest BCUT2D eigenvalue weighted by atomic mass is 32.2. The number of hydrogen-bond donors (Lipinski definition) is 3. The molecule has 15 heteroatoms. The zero-order valence-corrected chi connectivity index (χ0v) is 28.0. The van der Waals surface area contributed by atoms with Gasteiger partial charge in [0.05, 0.1) is 17.5 Å². The Bertz CT molecular complexity index is 1580. The van der Waals surface area contributed by atoms with Gasteiger partial charge in [-0.05, 0) is 38.8 Å². The number of nitrogens with two attached hydrogens (primary N) is 1. The Balaban J connectivity index is 1.45. The molecule has 3 saturated heterocycles. The Morgan fingerprint density at radius 1 is 0.958 bits per heavy atom. The van der Waals surface area contributed by atoms with Gasteiger partial charge in [-0.2, -0.15) is 0 Å². The number of benzene rings is 2. The van der Waals surface area contributed by atoms with E-state index in [1.807, 2.05) is 36.4 Å². The van der Waals surface area contributed by atoms with Crippen LogP contribution in [0.3, 0.4) is 0 Å². The standard InChI is InChI=1S/C33H40N6O8S/c1-5-37-16-17-38(28(43)27(37)42)31(45)35-24(20(2)46-18-21-12-8-6-9-13-21)25(40)36-33(30(44)47-19-22-14-10-7-11-15-22)32(3,4)48-29-23(34)26(41)39(29)33/h6-15,20,23-24,29H,5,16-19,34H2,1-4H3,(H,35,45)(H,36,40)/t20-,23-,24+,29+,33-/m0/s1. The summed E-state index contributed by atoms with van der Waals surface area (Å²) in [5.41, 5.74) is 5.58. The number of carbonyl (C=O) groups excluding carboxylic acids is 6. The van der Waals surface area contributed by atoms with Crippen molar-refractivity contribution in [3.63, 3.8) is 0 Å². The number of β-lactam (4-membered cyclic amide) rings is 1. The molecule has 3 heterocycles. The van der Waals surface area contributed by atoms with Crippen LogP contribution >= 0.6 is 11.8 Å². The Kier molecular flexibility index (Phi) is 10.1. The summed E-state index contributed by atoms with van der Waals surface area (Å²) in [6.07, 6.45) is -1.02. The topological polar surface area (TPSA) is 181 Å². The number of rotatable bonds is 11. The van der Waals surface area contributed by atoms with Crippen LogP contribution in [0.4, 0.5) is 4.79 Å². The van der Waals surface area contributed by atoms with Crippen molar-refractivity contribution < 1.29 is 38.2 Å². The van der Waals surface area contributed by atoms with Crippen molar-refractivity contribution >= 4 is 47.4 Å².